The number of fused-ring (bicyclic) bond motifs is 1. The lowest BCUT2D eigenvalue weighted by Gasteiger charge is -2.06. The Labute approximate surface area is 125 Å². The highest BCUT2D eigenvalue weighted by Gasteiger charge is 2.17. The number of pyridine rings is 2. The minimum absolute atomic E-state index is 0.0209. The molecule has 3 aromatic rings. The Bertz CT molecular complexity index is 814. The molecule has 0 amide bonds. The van der Waals surface area contributed by atoms with Crippen LogP contribution in [0.1, 0.15) is 16.3 Å². The van der Waals surface area contributed by atoms with E-state index in [4.69, 9.17) is 9.47 Å². The van der Waals surface area contributed by atoms with Gasteiger partial charge in [-0.1, -0.05) is 0 Å². The van der Waals surface area contributed by atoms with Crippen LogP contribution in [-0.4, -0.2) is 32.6 Å². The van der Waals surface area contributed by atoms with Gasteiger partial charge in [0.1, 0.15) is 18.1 Å². The van der Waals surface area contributed by atoms with Gasteiger partial charge in [-0.15, -0.1) is 0 Å². The number of aromatic carboxylic acids is 1. The van der Waals surface area contributed by atoms with Crippen molar-refractivity contribution in [2.24, 2.45) is 0 Å². The molecular weight excluding hydrogens is 286 g/mol. The summed E-state index contributed by atoms with van der Waals surface area (Å²) in [6.07, 6.45) is 4.90. The highest BCUT2D eigenvalue weighted by atomic mass is 16.5. The molecule has 0 unspecified atom stereocenters. The van der Waals surface area contributed by atoms with Crippen molar-refractivity contribution in [3.05, 3.63) is 54.4 Å². The fourth-order valence-corrected chi connectivity index (χ4v) is 2.09. The largest absolute Gasteiger partial charge is 0.495 e. The molecule has 0 bridgehead atoms. The number of rotatable bonds is 5. The van der Waals surface area contributed by atoms with Crippen molar-refractivity contribution in [2.75, 3.05) is 7.11 Å². The minimum Gasteiger partial charge on any atom is -0.495 e. The number of carbonyl (C=O) groups is 1. The predicted molar refractivity (Wildman–Crippen MR) is 77.3 cm³/mol. The van der Waals surface area contributed by atoms with Gasteiger partial charge in [0, 0.05) is 6.20 Å². The molecule has 7 nitrogen and oxygen atoms in total. The lowest BCUT2D eigenvalue weighted by Crippen LogP contribution is -2.02. The van der Waals surface area contributed by atoms with E-state index in [2.05, 4.69) is 9.97 Å². The van der Waals surface area contributed by atoms with Crippen molar-refractivity contribution in [3.63, 3.8) is 0 Å². The van der Waals surface area contributed by atoms with Crippen molar-refractivity contribution >= 4 is 11.5 Å². The number of carboxylic acid groups (broad SMARTS) is 1. The second-order valence-corrected chi connectivity index (χ2v) is 4.48. The monoisotopic (exact) mass is 299 g/mol. The van der Waals surface area contributed by atoms with Crippen LogP contribution in [0.15, 0.2) is 42.9 Å². The number of imidazole rings is 1. The summed E-state index contributed by atoms with van der Waals surface area (Å²) in [5.74, 6) is 0.564. The van der Waals surface area contributed by atoms with E-state index in [-0.39, 0.29) is 12.3 Å². The number of ether oxygens (including phenoxy) is 2. The van der Waals surface area contributed by atoms with Gasteiger partial charge >= 0.3 is 5.97 Å². The van der Waals surface area contributed by atoms with Crippen LogP contribution in [-0.2, 0) is 6.61 Å². The average molecular weight is 299 g/mol. The predicted octanol–water partition coefficient (Wildman–Crippen LogP) is 2.02. The number of hydrogen-bond donors (Lipinski definition) is 1. The standard InChI is InChI=1S/C15H13N3O4/c1-21-11-4-5-12-14(15(19)20)17-13(18(12)8-11)9-22-10-3-2-6-16-7-10/h2-8H,9H2,1H3,(H,19,20). The summed E-state index contributed by atoms with van der Waals surface area (Å²) in [5.41, 5.74) is 0.463. The van der Waals surface area contributed by atoms with E-state index in [1.165, 1.54) is 0 Å². The summed E-state index contributed by atoms with van der Waals surface area (Å²) in [5, 5.41) is 9.25. The second-order valence-electron chi connectivity index (χ2n) is 4.48. The third-order valence-corrected chi connectivity index (χ3v) is 3.12. The van der Waals surface area contributed by atoms with Crippen LogP contribution in [0.3, 0.4) is 0 Å². The third kappa shape index (κ3) is 2.56. The lowest BCUT2D eigenvalue weighted by atomic mass is 10.3. The molecule has 0 aromatic carbocycles. The molecule has 0 radical (unpaired) electrons. The van der Waals surface area contributed by atoms with Crippen LogP contribution in [0.2, 0.25) is 0 Å². The van der Waals surface area contributed by atoms with Crippen LogP contribution in [0.4, 0.5) is 0 Å². The second kappa shape index (κ2) is 5.72. The number of nitrogens with zero attached hydrogens (tertiary/aromatic N) is 3. The highest BCUT2D eigenvalue weighted by molar-refractivity contribution is 5.93. The van der Waals surface area contributed by atoms with Crippen molar-refractivity contribution in [2.45, 2.75) is 6.61 Å². The molecule has 0 aliphatic carbocycles. The van der Waals surface area contributed by atoms with Gasteiger partial charge < -0.3 is 14.6 Å². The summed E-state index contributed by atoms with van der Waals surface area (Å²) >= 11 is 0. The smallest absolute Gasteiger partial charge is 0.356 e. The summed E-state index contributed by atoms with van der Waals surface area (Å²) < 4.78 is 12.4. The molecule has 0 saturated heterocycles. The molecule has 0 atom stereocenters. The number of methoxy groups -OCH3 is 1. The highest BCUT2D eigenvalue weighted by Crippen LogP contribution is 2.20. The first-order chi connectivity index (χ1) is 10.7. The van der Waals surface area contributed by atoms with E-state index in [1.807, 2.05) is 0 Å². The van der Waals surface area contributed by atoms with Gasteiger partial charge in [-0.3, -0.25) is 9.38 Å². The number of hydrogen-bond acceptors (Lipinski definition) is 5. The number of aromatic nitrogens is 3. The van der Waals surface area contributed by atoms with E-state index in [1.54, 1.807) is 54.4 Å². The Morgan fingerprint density at radius 3 is 2.86 bits per heavy atom. The van der Waals surface area contributed by atoms with Gasteiger partial charge in [-0.05, 0) is 24.3 Å². The Kier molecular flexibility index (Phi) is 3.61. The molecular formula is C15H13N3O4. The molecule has 1 N–H and O–H groups in total. The van der Waals surface area contributed by atoms with E-state index >= 15 is 0 Å². The van der Waals surface area contributed by atoms with Crippen molar-refractivity contribution in [1.82, 2.24) is 14.4 Å². The topological polar surface area (TPSA) is 86.0 Å². The van der Waals surface area contributed by atoms with E-state index in [0.29, 0.717) is 22.8 Å². The van der Waals surface area contributed by atoms with Crippen molar-refractivity contribution in [3.8, 4) is 11.5 Å². The van der Waals surface area contributed by atoms with Crippen LogP contribution < -0.4 is 9.47 Å². The van der Waals surface area contributed by atoms with Gasteiger partial charge in [-0.2, -0.15) is 0 Å². The van der Waals surface area contributed by atoms with Crippen LogP contribution in [0, 0.1) is 0 Å². The van der Waals surface area contributed by atoms with E-state index in [9.17, 15) is 9.90 Å². The first kappa shape index (κ1) is 13.9. The Morgan fingerprint density at radius 1 is 1.32 bits per heavy atom. The van der Waals surface area contributed by atoms with Gasteiger partial charge in [0.15, 0.2) is 11.5 Å². The SMILES string of the molecule is COc1ccc2c(C(=O)O)nc(COc3cccnc3)n2c1. The maximum absolute atomic E-state index is 11.3. The Morgan fingerprint density at radius 2 is 2.18 bits per heavy atom. The van der Waals surface area contributed by atoms with E-state index < -0.39 is 5.97 Å². The number of carboxylic acids is 1. The molecule has 112 valence electrons. The molecule has 3 rings (SSSR count). The maximum Gasteiger partial charge on any atom is 0.356 e. The lowest BCUT2D eigenvalue weighted by molar-refractivity contribution is 0.0693. The summed E-state index contributed by atoms with van der Waals surface area (Å²) in [4.78, 5) is 19.4. The average Bonchev–Trinajstić information content (AvgIpc) is 2.92. The molecule has 0 aliphatic heterocycles. The Balaban J connectivity index is 1.98. The minimum atomic E-state index is -1.09. The molecule has 0 fully saturated rings. The van der Waals surface area contributed by atoms with E-state index in [0.717, 1.165) is 0 Å². The first-order valence-electron chi connectivity index (χ1n) is 6.50. The molecule has 22 heavy (non-hydrogen) atoms. The zero-order valence-corrected chi connectivity index (χ0v) is 11.8. The van der Waals surface area contributed by atoms with Crippen LogP contribution in [0.25, 0.3) is 5.52 Å². The third-order valence-electron chi connectivity index (χ3n) is 3.12. The quantitative estimate of drug-likeness (QED) is 0.775. The summed E-state index contributed by atoms with van der Waals surface area (Å²) in [6, 6.07) is 6.87. The summed E-state index contributed by atoms with van der Waals surface area (Å²) in [6.45, 7) is 0.118. The molecule has 0 spiro atoms. The zero-order chi connectivity index (χ0) is 15.5. The van der Waals surface area contributed by atoms with Gasteiger partial charge in [-0.25, -0.2) is 9.78 Å². The Hall–Kier alpha value is -3.09. The maximum atomic E-state index is 11.3. The fourth-order valence-electron chi connectivity index (χ4n) is 2.09. The molecule has 0 saturated carbocycles. The zero-order valence-electron chi connectivity index (χ0n) is 11.8. The van der Waals surface area contributed by atoms with Crippen molar-refractivity contribution < 1.29 is 19.4 Å². The molecule has 0 aliphatic rings. The van der Waals surface area contributed by atoms with Gasteiger partial charge in [0.05, 0.1) is 25.0 Å². The normalized spacial score (nSPS) is 10.6. The molecule has 3 aromatic heterocycles. The van der Waals surface area contributed by atoms with Gasteiger partial charge in [0.25, 0.3) is 0 Å². The van der Waals surface area contributed by atoms with Crippen LogP contribution >= 0.6 is 0 Å². The molecule has 3 heterocycles. The first-order valence-corrected chi connectivity index (χ1v) is 6.50. The van der Waals surface area contributed by atoms with Gasteiger partial charge in [0.2, 0.25) is 0 Å². The summed E-state index contributed by atoms with van der Waals surface area (Å²) in [7, 11) is 1.54. The fraction of sp³-hybridized carbons (Fsp3) is 0.133. The van der Waals surface area contributed by atoms with Crippen LogP contribution in [0.5, 0.6) is 11.5 Å². The van der Waals surface area contributed by atoms with Crippen molar-refractivity contribution in [1.29, 1.82) is 0 Å². The molecule has 7 heteroatoms.